The Hall–Kier alpha value is -1.34. The summed E-state index contributed by atoms with van der Waals surface area (Å²) in [6.07, 6.45) is 1.13. The molecule has 2 unspecified atom stereocenters. The standard InChI is InChI=1S/C14H15N/c1-9-8-11-7-6-10-4-2-3-5-12(10)13(11)14(9)15/h2-7,9,14H,8,15H2,1H3. The van der Waals surface area contributed by atoms with Crippen molar-refractivity contribution >= 4 is 10.8 Å². The topological polar surface area (TPSA) is 26.0 Å². The van der Waals surface area contributed by atoms with Crippen molar-refractivity contribution in [3.8, 4) is 0 Å². The number of fused-ring (bicyclic) bond motifs is 3. The summed E-state index contributed by atoms with van der Waals surface area (Å²) in [5.74, 6) is 0.575. The van der Waals surface area contributed by atoms with Crippen LogP contribution in [0.25, 0.3) is 10.8 Å². The van der Waals surface area contributed by atoms with E-state index in [2.05, 4.69) is 43.3 Å². The molecular weight excluding hydrogens is 182 g/mol. The zero-order chi connectivity index (χ0) is 10.4. The van der Waals surface area contributed by atoms with E-state index in [9.17, 15) is 0 Å². The lowest BCUT2D eigenvalue weighted by Gasteiger charge is -2.12. The first-order chi connectivity index (χ1) is 7.27. The first-order valence-corrected chi connectivity index (χ1v) is 5.53. The summed E-state index contributed by atoms with van der Waals surface area (Å²) >= 11 is 0. The van der Waals surface area contributed by atoms with Crippen LogP contribution in [0.5, 0.6) is 0 Å². The van der Waals surface area contributed by atoms with E-state index in [1.54, 1.807) is 0 Å². The van der Waals surface area contributed by atoms with Crippen molar-refractivity contribution in [3.05, 3.63) is 47.5 Å². The maximum Gasteiger partial charge on any atom is 0.0333 e. The molecule has 3 rings (SSSR count). The minimum absolute atomic E-state index is 0.214. The van der Waals surface area contributed by atoms with E-state index in [-0.39, 0.29) is 6.04 Å². The van der Waals surface area contributed by atoms with Crippen LogP contribution in [0.1, 0.15) is 24.1 Å². The number of nitrogens with two attached hydrogens (primary N) is 1. The normalized spacial score (nSPS) is 24.4. The van der Waals surface area contributed by atoms with Gasteiger partial charge in [0.25, 0.3) is 0 Å². The first kappa shape index (κ1) is 8.93. The van der Waals surface area contributed by atoms with Crippen molar-refractivity contribution in [1.29, 1.82) is 0 Å². The summed E-state index contributed by atoms with van der Waals surface area (Å²) < 4.78 is 0. The zero-order valence-electron chi connectivity index (χ0n) is 8.90. The van der Waals surface area contributed by atoms with E-state index in [0.717, 1.165) is 6.42 Å². The molecule has 0 radical (unpaired) electrons. The highest BCUT2D eigenvalue weighted by Gasteiger charge is 2.27. The Morgan fingerprint density at radius 3 is 2.80 bits per heavy atom. The highest BCUT2D eigenvalue weighted by atomic mass is 14.7. The monoisotopic (exact) mass is 197 g/mol. The summed E-state index contributed by atoms with van der Waals surface area (Å²) in [5.41, 5.74) is 9.07. The smallest absolute Gasteiger partial charge is 0.0333 e. The molecule has 2 aromatic carbocycles. The van der Waals surface area contributed by atoms with Crippen molar-refractivity contribution in [2.45, 2.75) is 19.4 Å². The Labute approximate surface area is 89.9 Å². The van der Waals surface area contributed by atoms with Gasteiger partial charge in [-0.3, -0.25) is 0 Å². The summed E-state index contributed by atoms with van der Waals surface area (Å²) in [5, 5.41) is 2.65. The van der Waals surface area contributed by atoms with E-state index in [4.69, 9.17) is 5.73 Å². The first-order valence-electron chi connectivity index (χ1n) is 5.53. The average molecular weight is 197 g/mol. The molecule has 0 bridgehead atoms. The second-order valence-electron chi connectivity index (χ2n) is 4.57. The molecule has 0 saturated heterocycles. The molecule has 0 spiro atoms. The van der Waals surface area contributed by atoms with Crippen LogP contribution in [0.3, 0.4) is 0 Å². The third-order valence-corrected chi connectivity index (χ3v) is 3.55. The second-order valence-corrected chi connectivity index (χ2v) is 4.57. The van der Waals surface area contributed by atoms with Crippen LogP contribution in [0, 0.1) is 5.92 Å². The Morgan fingerprint density at radius 1 is 1.13 bits per heavy atom. The number of rotatable bonds is 0. The zero-order valence-corrected chi connectivity index (χ0v) is 8.90. The molecule has 1 aliphatic carbocycles. The summed E-state index contributed by atoms with van der Waals surface area (Å²) in [6.45, 7) is 2.24. The second kappa shape index (κ2) is 3.07. The fraction of sp³-hybridized carbons (Fsp3) is 0.286. The fourth-order valence-corrected chi connectivity index (χ4v) is 2.67. The van der Waals surface area contributed by atoms with E-state index >= 15 is 0 Å². The lowest BCUT2D eigenvalue weighted by atomic mass is 9.98. The minimum atomic E-state index is 0.214. The molecule has 0 heterocycles. The van der Waals surface area contributed by atoms with Gasteiger partial charge in [-0.15, -0.1) is 0 Å². The Morgan fingerprint density at radius 2 is 1.93 bits per heavy atom. The maximum absolute atomic E-state index is 6.26. The molecule has 2 atom stereocenters. The number of benzene rings is 2. The third kappa shape index (κ3) is 1.20. The van der Waals surface area contributed by atoms with E-state index < -0.39 is 0 Å². The van der Waals surface area contributed by atoms with Crippen molar-refractivity contribution in [1.82, 2.24) is 0 Å². The maximum atomic E-state index is 6.26. The molecular formula is C14H15N. The van der Waals surface area contributed by atoms with Crippen LogP contribution in [0.2, 0.25) is 0 Å². The lowest BCUT2D eigenvalue weighted by molar-refractivity contribution is 0.515. The van der Waals surface area contributed by atoms with Gasteiger partial charge in [-0.2, -0.15) is 0 Å². The van der Waals surface area contributed by atoms with Gasteiger partial charge in [0.2, 0.25) is 0 Å². The number of hydrogen-bond acceptors (Lipinski definition) is 1. The van der Waals surface area contributed by atoms with E-state index in [1.807, 2.05) is 0 Å². The fourth-order valence-electron chi connectivity index (χ4n) is 2.67. The molecule has 1 nitrogen and oxygen atoms in total. The molecule has 2 aromatic rings. The van der Waals surface area contributed by atoms with Crippen LogP contribution in [-0.4, -0.2) is 0 Å². The molecule has 0 saturated carbocycles. The SMILES string of the molecule is CC1Cc2ccc3ccccc3c2C1N. The van der Waals surface area contributed by atoms with E-state index in [0.29, 0.717) is 5.92 Å². The quantitative estimate of drug-likeness (QED) is 0.690. The van der Waals surface area contributed by atoms with Gasteiger partial charge >= 0.3 is 0 Å². The molecule has 1 heteroatoms. The van der Waals surface area contributed by atoms with Crippen molar-refractivity contribution in [2.75, 3.05) is 0 Å². The van der Waals surface area contributed by atoms with Crippen LogP contribution in [0.4, 0.5) is 0 Å². The van der Waals surface area contributed by atoms with Gasteiger partial charge in [0, 0.05) is 6.04 Å². The summed E-state index contributed by atoms with van der Waals surface area (Å²) in [7, 11) is 0. The molecule has 0 aliphatic heterocycles. The van der Waals surface area contributed by atoms with Crippen LogP contribution in [-0.2, 0) is 6.42 Å². The molecule has 15 heavy (non-hydrogen) atoms. The van der Waals surface area contributed by atoms with Crippen LogP contribution < -0.4 is 5.73 Å². The Kier molecular flexibility index (Phi) is 1.83. The van der Waals surface area contributed by atoms with Crippen molar-refractivity contribution < 1.29 is 0 Å². The van der Waals surface area contributed by atoms with Gasteiger partial charge in [-0.05, 0) is 34.2 Å². The number of hydrogen-bond donors (Lipinski definition) is 1. The van der Waals surface area contributed by atoms with Gasteiger partial charge in [0.1, 0.15) is 0 Å². The molecule has 0 aromatic heterocycles. The highest BCUT2D eigenvalue weighted by Crippen LogP contribution is 2.38. The Bertz CT molecular complexity index is 516. The highest BCUT2D eigenvalue weighted by molar-refractivity contribution is 5.87. The molecule has 0 amide bonds. The predicted octanol–water partition coefficient (Wildman–Crippen LogP) is 3.03. The van der Waals surface area contributed by atoms with Crippen molar-refractivity contribution in [3.63, 3.8) is 0 Å². The van der Waals surface area contributed by atoms with E-state index in [1.165, 1.54) is 21.9 Å². The minimum Gasteiger partial charge on any atom is -0.324 e. The molecule has 76 valence electrons. The predicted molar refractivity (Wildman–Crippen MR) is 63.7 cm³/mol. The molecule has 1 aliphatic rings. The van der Waals surface area contributed by atoms with Gasteiger partial charge in [0.05, 0.1) is 0 Å². The summed E-state index contributed by atoms with van der Waals surface area (Å²) in [4.78, 5) is 0. The van der Waals surface area contributed by atoms with Crippen LogP contribution in [0.15, 0.2) is 36.4 Å². The third-order valence-electron chi connectivity index (χ3n) is 3.55. The van der Waals surface area contributed by atoms with Gasteiger partial charge in [-0.1, -0.05) is 43.3 Å². The lowest BCUT2D eigenvalue weighted by Crippen LogP contribution is -2.13. The van der Waals surface area contributed by atoms with Gasteiger partial charge in [-0.25, -0.2) is 0 Å². The average Bonchev–Trinajstić information content (AvgIpc) is 2.55. The molecule has 0 fully saturated rings. The largest absolute Gasteiger partial charge is 0.324 e. The Balaban J connectivity index is 2.35. The van der Waals surface area contributed by atoms with Crippen LogP contribution >= 0.6 is 0 Å². The molecule has 2 N–H and O–H groups in total. The van der Waals surface area contributed by atoms with Crippen molar-refractivity contribution in [2.24, 2.45) is 11.7 Å². The van der Waals surface area contributed by atoms with Gasteiger partial charge < -0.3 is 5.73 Å². The van der Waals surface area contributed by atoms with Gasteiger partial charge in [0.15, 0.2) is 0 Å². The summed E-state index contributed by atoms with van der Waals surface area (Å²) in [6, 6.07) is 13.2.